The highest BCUT2D eigenvalue weighted by molar-refractivity contribution is 5.99. The Hall–Kier alpha value is -3.86. The number of amides is 1. The lowest BCUT2D eigenvalue weighted by Crippen LogP contribution is -2.26. The molecule has 0 atom stereocenters. The number of hydrogen-bond acceptors (Lipinski definition) is 4. The molecule has 5 nitrogen and oxygen atoms in total. The SMILES string of the molecule is COc1cccc(-c2cnc(-c3ccccc3C(=O)N(C)Cc3ccccc3)o2)c1. The summed E-state index contributed by atoms with van der Waals surface area (Å²) in [4.78, 5) is 19.3. The Balaban J connectivity index is 1.62. The maximum absolute atomic E-state index is 13.1. The average Bonchev–Trinajstić information content (AvgIpc) is 3.29. The third-order valence-electron chi connectivity index (χ3n) is 4.86. The number of hydrogen-bond donors (Lipinski definition) is 0. The molecule has 0 aliphatic rings. The van der Waals surface area contributed by atoms with Crippen LogP contribution in [0.4, 0.5) is 0 Å². The molecule has 1 amide bonds. The summed E-state index contributed by atoms with van der Waals surface area (Å²) in [6, 6.07) is 24.9. The van der Waals surface area contributed by atoms with Crippen molar-refractivity contribution in [2.75, 3.05) is 14.2 Å². The Morgan fingerprint density at radius 3 is 2.57 bits per heavy atom. The second-order valence-corrected chi connectivity index (χ2v) is 6.95. The molecule has 4 aromatic rings. The number of oxazole rings is 1. The lowest BCUT2D eigenvalue weighted by molar-refractivity contribution is 0.0785. The second-order valence-electron chi connectivity index (χ2n) is 6.95. The van der Waals surface area contributed by atoms with Gasteiger partial charge in [-0.2, -0.15) is 0 Å². The molecule has 5 heteroatoms. The number of aromatic nitrogens is 1. The van der Waals surface area contributed by atoms with Crippen LogP contribution in [0, 0.1) is 0 Å². The van der Waals surface area contributed by atoms with Crippen molar-refractivity contribution in [3.05, 3.63) is 96.2 Å². The largest absolute Gasteiger partial charge is 0.497 e. The molecule has 30 heavy (non-hydrogen) atoms. The van der Waals surface area contributed by atoms with E-state index in [0.29, 0.717) is 29.3 Å². The first kappa shape index (κ1) is 19.5. The molecule has 0 aliphatic carbocycles. The van der Waals surface area contributed by atoms with Gasteiger partial charge in [0.1, 0.15) is 5.75 Å². The predicted molar refractivity (Wildman–Crippen MR) is 116 cm³/mol. The molecule has 0 radical (unpaired) electrons. The van der Waals surface area contributed by atoms with Crippen molar-refractivity contribution in [2.24, 2.45) is 0 Å². The second kappa shape index (κ2) is 8.66. The maximum atomic E-state index is 13.1. The summed E-state index contributed by atoms with van der Waals surface area (Å²) in [7, 11) is 3.42. The first-order valence-corrected chi connectivity index (χ1v) is 9.65. The lowest BCUT2D eigenvalue weighted by atomic mass is 10.1. The first-order chi connectivity index (χ1) is 14.7. The van der Waals surface area contributed by atoms with Gasteiger partial charge in [-0.05, 0) is 29.8 Å². The van der Waals surface area contributed by atoms with E-state index in [9.17, 15) is 4.79 Å². The Bertz CT molecular complexity index is 1150. The molecule has 0 aliphatic heterocycles. The van der Waals surface area contributed by atoms with Crippen LogP contribution in [-0.2, 0) is 6.54 Å². The maximum Gasteiger partial charge on any atom is 0.254 e. The standard InChI is InChI=1S/C25H22N2O3/c1-27(17-18-9-4-3-5-10-18)25(28)22-14-7-6-13-21(22)24-26-16-23(30-24)19-11-8-12-20(15-19)29-2/h3-16H,17H2,1-2H3. The highest BCUT2D eigenvalue weighted by atomic mass is 16.5. The van der Waals surface area contributed by atoms with Gasteiger partial charge in [0.15, 0.2) is 5.76 Å². The van der Waals surface area contributed by atoms with Crippen molar-refractivity contribution in [3.8, 4) is 28.5 Å². The Morgan fingerprint density at radius 1 is 1.00 bits per heavy atom. The molecular weight excluding hydrogens is 376 g/mol. The summed E-state index contributed by atoms with van der Waals surface area (Å²) in [5, 5.41) is 0. The highest BCUT2D eigenvalue weighted by Crippen LogP contribution is 2.30. The minimum absolute atomic E-state index is 0.0874. The van der Waals surface area contributed by atoms with Gasteiger partial charge in [-0.15, -0.1) is 0 Å². The Morgan fingerprint density at radius 2 is 1.77 bits per heavy atom. The van der Waals surface area contributed by atoms with E-state index in [1.165, 1.54) is 0 Å². The minimum Gasteiger partial charge on any atom is -0.497 e. The fourth-order valence-electron chi connectivity index (χ4n) is 3.30. The monoisotopic (exact) mass is 398 g/mol. The average molecular weight is 398 g/mol. The van der Waals surface area contributed by atoms with Crippen LogP contribution in [0.3, 0.4) is 0 Å². The van der Waals surface area contributed by atoms with Crippen molar-refractivity contribution in [1.29, 1.82) is 0 Å². The Labute approximate surface area is 175 Å². The quantitative estimate of drug-likeness (QED) is 0.443. The van der Waals surface area contributed by atoms with Crippen LogP contribution in [0.2, 0.25) is 0 Å². The number of nitrogens with zero attached hydrogens (tertiary/aromatic N) is 2. The van der Waals surface area contributed by atoms with E-state index < -0.39 is 0 Å². The molecule has 4 rings (SSSR count). The lowest BCUT2D eigenvalue weighted by Gasteiger charge is -2.18. The van der Waals surface area contributed by atoms with Crippen LogP contribution in [0.1, 0.15) is 15.9 Å². The van der Waals surface area contributed by atoms with E-state index in [1.807, 2.05) is 72.8 Å². The summed E-state index contributed by atoms with van der Waals surface area (Å²) in [5.74, 6) is 1.67. The van der Waals surface area contributed by atoms with E-state index >= 15 is 0 Å². The van der Waals surface area contributed by atoms with Crippen molar-refractivity contribution in [2.45, 2.75) is 6.54 Å². The van der Waals surface area contributed by atoms with E-state index in [4.69, 9.17) is 9.15 Å². The molecule has 0 N–H and O–H groups in total. The van der Waals surface area contributed by atoms with E-state index in [2.05, 4.69) is 4.98 Å². The summed E-state index contributed by atoms with van der Waals surface area (Å²) >= 11 is 0. The van der Waals surface area contributed by atoms with Crippen LogP contribution in [0.25, 0.3) is 22.8 Å². The van der Waals surface area contributed by atoms with Crippen LogP contribution < -0.4 is 4.74 Å². The summed E-state index contributed by atoms with van der Waals surface area (Å²) in [5.41, 5.74) is 3.15. The zero-order chi connectivity index (χ0) is 20.9. The number of carbonyl (C=O) groups excluding carboxylic acids is 1. The van der Waals surface area contributed by atoms with Gasteiger partial charge in [0.2, 0.25) is 5.89 Å². The van der Waals surface area contributed by atoms with Crippen molar-refractivity contribution < 1.29 is 13.9 Å². The van der Waals surface area contributed by atoms with Crippen LogP contribution >= 0.6 is 0 Å². The number of methoxy groups -OCH3 is 1. The number of rotatable bonds is 6. The van der Waals surface area contributed by atoms with Gasteiger partial charge < -0.3 is 14.1 Å². The molecular formula is C25H22N2O3. The predicted octanol–water partition coefficient (Wildman–Crippen LogP) is 5.29. The third kappa shape index (κ3) is 4.10. The molecule has 150 valence electrons. The molecule has 0 spiro atoms. The van der Waals surface area contributed by atoms with Gasteiger partial charge in [0.05, 0.1) is 18.9 Å². The smallest absolute Gasteiger partial charge is 0.254 e. The molecule has 0 saturated carbocycles. The zero-order valence-electron chi connectivity index (χ0n) is 16.9. The fraction of sp³-hybridized carbons (Fsp3) is 0.120. The zero-order valence-corrected chi connectivity index (χ0v) is 16.9. The normalized spacial score (nSPS) is 10.6. The van der Waals surface area contributed by atoms with E-state index in [0.717, 1.165) is 16.9 Å². The molecule has 0 saturated heterocycles. The molecule has 1 aromatic heterocycles. The van der Waals surface area contributed by atoms with Gasteiger partial charge >= 0.3 is 0 Å². The first-order valence-electron chi connectivity index (χ1n) is 9.65. The third-order valence-corrected chi connectivity index (χ3v) is 4.86. The van der Waals surface area contributed by atoms with Gasteiger partial charge in [-0.1, -0.05) is 54.6 Å². The van der Waals surface area contributed by atoms with Crippen molar-refractivity contribution in [3.63, 3.8) is 0 Å². The molecule has 1 heterocycles. The highest BCUT2D eigenvalue weighted by Gasteiger charge is 2.20. The minimum atomic E-state index is -0.0874. The number of carbonyl (C=O) groups is 1. The van der Waals surface area contributed by atoms with Gasteiger partial charge in [-0.25, -0.2) is 4.98 Å². The topological polar surface area (TPSA) is 55.6 Å². The van der Waals surface area contributed by atoms with Crippen molar-refractivity contribution >= 4 is 5.91 Å². The number of benzene rings is 3. The molecule has 3 aromatic carbocycles. The molecule has 0 bridgehead atoms. The van der Waals surface area contributed by atoms with Gasteiger partial charge in [0, 0.05) is 24.7 Å². The van der Waals surface area contributed by atoms with E-state index in [-0.39, 0.29) is 5.91 Å². The van der Waals surface area contributed by atoms with Crippen LogP contribution in [0.5, 0.6) is 5.75 Å². The summed E-state index contributed by atoms with van der Waals surface area (Å²) < 4.78 is 11.3. The fourth-order valence-corrected chi connectivity index (χ4v) is 3.30. The van der Waals surface area contributed by atoms with Crippen molar-refractivity contribution in [1.82, 2.24) is 9.88 Å². The van der Waals surface area contributed by atoms with Crippen LogP contribution in [0.15, 0.2) is 89.5 Å². The summed E-state index contributed by atoms with van der Waals surface area (Å²) in [6.07, 6.45) is 1.67. The Kier molecular flexibility index (Phi) is 5.61. The molecule has 0 fully saturated rings. The van der Waals surface area contributed by atoms with Crippen LogP contribution in [-0.4, -0.2) is 29.9 Å². The van der Waals surface area contributed by atoms with Gasteiger partial charge in [-0.3, -0.25) is 4.79 Å². The summed E-state index contributed by atoms with van der Waals surface area (Å²) in [6.45, 7) is 0.522. The molecule has 0 unspecified atom stereocenters. The van der Waals surface area contributed by atoms with E-state index in [1.54, 1.807) is 31.3 Å². The van der Waals surface area contributed by atoms with Gasteiger partial charge in [0.25, 0.3) is 5.91 Å². The number of ether oxygens (including phenoxy) is 1.